The third-order valence-corrected chi connectivity index (χ3v) is 2.56. The Bertz CT molecular complexity index is 163. The van der Waals surface area contributed by atoms with Gasteiger partial charge in [-0.05, 0) is 19.3 Å². The first kappa shape index (κ1) is 9.43. The van der Waals surface area contributed by atoms with Crippen molar-refractivity contribution in [2.75, 3.05) is 0 Å². The molecule has 0 radical (unpaired) electrons. The Morgan fingerprint density at radius 2 is 2.17 bits per heavy atom. The maximum Gasteiger partial charge on any atom is 0.135 e. The van der Waals surface area contributed by atoms with Gasteiger partial charge in [0.15, 0.2) is 0 Å². The molecule has 2 nitrogen and oxygen atoms in total. The van der Waals surface area contributed by atoms with Crippen molar-refractivity contribution < 1.29 is 9.59 Å². The highest BCUT2D eigenvalue weighted by atomic mass is 16.1. The maximum atomic E-state index is 11.4. The molecule has 1 atom stereocenters. The molecule has 1 aliphatic rings. The second kappa shape index (κ2) is 5.07. The second-order valence-corrected chi connectivity index (χ2v) is 3.51. The maximum absolute atomic E-state index is 11.4. The highest BCUT2D eigenvalue weighted by molar-refractivity contribution is 5.81. The minimum Gasteiger partial charge on any atom is -0.303 e. The van der Waals surface area contributed by atoms with Gasteiger partial charge in [-0.3, -0.25) is 4.79 Å². The molecule has 68 valence electrons. The molecule has 1 rings (SSSR count). The molecule has 0 aliphatic heterocycles. The Balaban J connectivity index is 2.36. The lowest BCUT2D eigenvalue weighted by molar-refractivity contribution is -0.123. The quantitative estimate of drug-likeness (QED) is 0.478. The number of rotatable bonds is 3. The van der Waals surface area contributed by atoms with Crippen LogP contribution in [-0.2, 0) is 9.59 Å². The Hall–Kier alpha value is -0.660. The summed E-state index contributed by atoms with van der Waals surface area (Å²) in [6.45, 7) is 0. The number of ketones is 1. The summed E-state index contributed by atoms with van der Waals surface area (Å²) in [6, 6.07) is 0. The van der Waals surface area contributed by atoms with E-state index in [1.807, 2.05) is 0 Å². The van der Waals surface area contributed by atoms with Crippen LogP contribution in [0.25, 0.3) is 0 Å². The van der Waals surface area contributed by atoms with Crippen molar-refractivity contribution in [1.29, 1.82) is 0 Å². The van der Waals surface area contributed by atoms with Crippen LogP contribution in [0.5, 0.6) is 0 Å². The highest BCUT2D eigenvalue weighted by Crippen LogP contribution is 2.23. The van der Waals surface area contributed by atoms with Crippen LogP contribution in [0.3, 0.4) is 0 Å². The lowest BCUT2D eigenvalue weighted by Crippen LogP contribution is -2.12. The van der Waals surface area contributed by atoms with Crippen LogP contribution in [0.1, 0.15) is 44.9 Å². The standard InChI is InChI=1S/C10H16O2/c11-8-4-6-9-5-2-1-3-7-10(9)12/h8-9H,1-7H2. The van der Waals surface area contributed by atoms with Crippen LogP contribution in [0.15, 0.2) is 0 Å². The molecule has 0 aromatic rings. The first-order valence-corrected chi connectivity index (χ1v) is 4.81. The molecule has 12 heavy (non-hydrogen) atoms. The molecule has 2 heteroatoms. The molecule has 1 unspecified atom stereocenters. The molecule has 0 N–H and O–H groups in total. The topological polar surface area (TPSA) is 34.1 Å². The van der Waals surface area contributed by atoms with Gasteiger partial charge < -0.3 is 4.79 Å². The Morgan fingerprint density at radius 1 is 1.33 bits per heavy atom. The zero-order valence-corrected chi connectivity index (χ0v) is 7.42. The van der Waals surface area contributed by atoms with Crippen LogP contribution in [-0.4, -0.2) is 12.1 Å². The summed E-state index contributed by atoms with van der Waals surface area (Å²) >= 11 is 0. The molecule has 0 saturated heterocycles. The predicted octanol–water partition coefficient (Wildman–Crippen LogP) is 2.11. The van der Waals surface area contributed by atoms with Crippen molar-refractivity contribution in [2.24, 2.45) is 5.92 Å². The summed E-state index contributed by atoms with van der Waals surface area (Å²) < 4.78 is 0. The van der Waals surface area contributed by atoms with Gasteiger partial charge in [0.05, 0.1) is 0 Å². The van der Waals surface area contributed by atoms with E-state index < -0.39 is 0 Å². The summed E-state index contributed by atoms with van der Waals surface area (Å²) in [5, 5.41) is 0. The van der Waals surface area contributed by atoms with Gasteiger partial charge >= 0.3 is 0 Å². The van der Waals surface area contributed by atoms with E-state index in [9.17, 15) is 9.59 Å². The Morgan fingerprint density at radius 3 is 2.92 bits per heavy atom. The fourth-order valence-corrected chi connectivity index (χ4v) is 1.81. The van der Waals surface area contributed by atoms with E-state index in [4.69, 9.17) is 0 Å². The lowest BCUT2D eigenvalue weighted by Gasteiger charge is -2.09. The predicted molar refractivity (Wildman–Crippen MR) is 46.9 cm³/mol. The fourth-order valence-electron chi connectivity index (χ4n) is 1.81. The monoisotopic (exact) mass is 168 g/mol. The van der Waals surface area contributed by atoms with Crippen molar-refractivity contribution in [3.63, 3.8) is 0 Å². The van der Waals surface area contributed by atoms with Gasteiger partial charge in [-0.1, -0.05) is 12.8 Å². The number of hydrogen-bond donors (Lipinski definition) is 0. The van der Waals surface area contributed by atoms with Crippen LogP contribution >= 0.6 is 0 Å². The molecule has 1 saturated carbocycles. The fraction of sp³-hybridized carbons (Fsp3) is 0.800. The molecule has 1 fully saturated rings. The average Bonchev–Trinajstić information content (AvgIpc) is 2.27. The van der Waals surface area contributed by atoms with E-state index in [0.717, 1.165) is 38.4 Å². The summed E-state index contributed by atoms with van der Waals surface area (Å²) in [7, 11) is 0. The van der Waals surface area contributed by atoms with Crippen molar-refractivity contribution in [2.45, 2.75) is 44.9 Å². The van der Waals surface area contributed by atoms with E-state index in [-0.39, 0.29) is 5.92 Å². The second-order valence-electron chi connectivity index (χ2n) is 3.51. The van der Waals surface area contributed by atoms with Crippen molar-refractivity contribution in [3.8, 4) is 0 Å². The SMILES string of the molecule is O=CCCC1CCCCCC1=O. The summed E-state index contributed by atoms with van der Waals surface area (Å²) in [4.78, 5) is 21.5. The van der Waals surface area contributed by atoms with Crippen LogP contribution in [0.4, 0.5) is 0 Å². The van der Waals surface area contributed by atoms with Gasteiger partial charge in [0.1, 0.15) is 12.1 Å². The number of carbonyl (C=O) groups excluding carboxylic acids is 2. The van der Waals surface area contributed by atoms with Crippen molar-refractivity contribution in [1.82, 2.24) is 0 Å². The molecule has 0 spiro atoms. The molecule has 0 heterocycles. The number of carbonyl (C=O) groups is 2. The molecule has 0 bridgehead atoms. The van der Waals surface area contributed by atoms with E-state index in [0.29, 0.717) is 12.2 Å². The minimum atomic E-state index is 0.192. The van der Waals surface area contributed by atoms with Gasteiger partial charge in [0, 0.05) is 18.8 Å². The molecule has 0 aromatic heterocycles. The van der Waals surface area contributed by atoms with Gasteiger partial charge in [0.2, 0.25) is 0 Å². The first-order valence-electron chi connectivity index (χ1n) is 4.81. The van der Waals surface area contributed by atoms with Gasteiger partial charge in [-0.2, -0.15) is 0 Å². The van der Waals surface area contributed by atoms with Crippen molar-refractivity contribution >= 4 is 12.1 Å². The third-order valence-electron chi connectivity index (χ3n) is 2.56. The third kappa shape index (κ3) is 2.76. The Kier molecular flexibility index (Phi) is 3.98. The smallest absolute Gasteiger partial charge is 0.135 e. The number of aldehydes is 1. The van der Waals surface area contributed by atoms with Crippen LogP contribution in [0, 0.1) is 5.92 Å². The summed E-state index contributed by atoms with van der Waals surface area (Å²) in [5.74, 6) is 0.576. The van der Waals surface area contributed by atoms with E-state index in [1.54, 1.807) is 0 Å². The van der Waals surface area contributed by atoms with E-state index in [2.05, 4.69) is 0 Å². The van der Waals surface area contributed by atoms with Gasteiger partial charge in [0.25, 0.3) is 0 Å². The Labute approximate surface area is 73.3 Å². The molecular weight excluding hydrogens is 152 g/mol. The van der Waals surface area contributed by atoms with Crippen LogP contribution in [0.2, 0.25) is 0 Å². The zero-order chi connectivity index (χ0) is 8.81. The van der Waals surface area contributed by atoms with Gasteiger partial charge in [-0.15, -0.1) is 0 Å². The van der Waals surface area contributed by atoms with Gasteiger partial charge in [-0.25, -0.2) is 0 Å². The molecule has 0 amide bonds. The first-order chi connectivity index (χ1) is 5.84. The molecule has 0 aromatic carbocycles. The zero-order valence-electron chi connectivity index (χ0n) is 7.42. The number of hydrogen-bond acceptors (Lipinski definition) is 2. The van der Waals surface area contributed by atoms with Crippen molar-refractivity contribution in [3.05, 3.63) is 0 Å². The van der Waals surface area contributed by atoms with Crippen LogP contribution < -0.4 is 0 Å². The summed E-state index contributed by atoms with van der Waals surface area (Å²) in [5.41, 5.74) is 0. The highest BCUT2D eigenvalue weighted by Gasteiger charge is 2.19. The largest absolute Gasteiger partial charge is 0.303 e. The lowest BCUT2D eigenvalue weighted by atomic mass is 9.94. The van der Waals surface area contributed by atoms with E-state index in [1.165, 1.54) is 6.42 Å². The summed E-state index contributed by atoms with van der Waals surface area (Å²) in [6.07, 6.45) is 7.39. The minimum absolute atomic E-state index is 0.192. The molecular formula is C10H16O2. The number of Topliss-reactive ketones (excluding diaryl/α,β-unsaturated/α-hetero) is 1. The van der Waals surface area contributed by atoms with E-state index >= 15 is 0 Å². The average molecular weight is 168 g/mol. The normalized spacial score (nSPS) is 25.0. The molecule has 1 aliphatic carbocycles.